The zero-order valence-corrected chi connectivity index (χ0v) is 19.0. The van der Waals surface area contributed by atoms with Crippen molar-refractivity contribution in [2.45, 2.75) is 38.1 Å². The van der Waals surface area contributed by atoms with Crippen LogP contribution in [0.1, 0.15) is 46.4 Å². The van der Waals surface area contributed by atoms with Gasteiger partial charge in [0.05, 0.1) is 6.54 Å². The summed E-state index contributed by atoms with van der Waals surface area (Å²) in [6, 6.07) is 19.4. The highest BCUT2D eigenvalue weighted by molar-refractivity contribution is 6.30. The van der Waals surface area contributed by atoms with Crippen molar-refractivity contribution in [2.24, 2.45) is 0 Å². The molecule has 2 heterocycles. The van der Waals surface area contributed by atoms with Crippen molar-refractivity contribution in [3.63, 3.8) is 0 Å². The number of aryl methyl sites for hydroxylation is 1. The lowest BCUT2D eigenvalue weighted by molar-refractivity contribution is -0.579. The minimum Gasteiger partial charge on any atom is -0.348 e. The van der Waals surface area contributed by atoms with Crippen molar-refractivity contribution in [1.82, 2.24) is 10.3 Å². The molecule has 0 spiro atoms. The molecule has 1 aliphatic rings. The molecule has 0 radical (unpaired) electrons. The Morgan fingerprint density at radius 1 is 1.03 bits per heavy atom. The van der Waals surface area contributed by atoms with E-state index in [2.05, 4.69) is 15.6 Å². The minimum absolute atomic E-state index is 0.0755. The first-order chi connectivity index (χ1) is 15.0. The van der Waals surface area contributed by atoms with Crippen LogP contribution in [0.25, 0.3) is 0 Å². The van der Waals surface area contributed by atoms with Gasteiger partial charge in [-0.3, -0.25) is 10.1 Å². The Balaban J connectivity index is 1.54. The van der Waals surface area contributed by atoms with Gasteiger partial charge >= 0.3 is 0 Å². The summed E-state index contributed by atoms with van der Waals surface area (Å²) >= 11 is 12.2. The first kappa shape index (κ1) is 21.8. The van der Waals surface area contributed by atoms with Crippen molar-refractivity contribution >= 4 is 34.9 Å². The van der Waals surface area contributed by atoms with Crippen LogP contribution in [0.2, 0.25) is 10.0 Å². The molecule has 31 heavy (non-hydrogen) atoms. The molecule has 3 aromatic rings. The van der Waals surface area contributed by atoms with E-state index in [9.17, 15) is 4.79 Å². The minimum atomic E-state index is -0.149. The van der Waals surface area contributed by atoms with Crippen LogP contribution in [-0.4, -0.2) is 23.5 Å². The number of rotatable bonds is 6. The van der Waals surface area contributed by atoms with Gasteiger partial charge in [-0.15, -0.1) is 0 Å². The van der Waals surface area contributed by atoms with Crippen LogP contribution >= 0.6 is 23.2 Å². The molecule has 1 aromatic heterocycles. The standard InChI is InChI=1S/C25H25Cl2N3O/c1-16(29-25(31)23-13-8-19-3-2-14-28-24(19)30-23)22(18-6-11-21(27)12-7-18)15-17-4-9-20(26)10-5-17/h4-13,16,22H,2-3,14-15H2,1H3,(H,28,30)(H,29,31)/p+1/t16-,22+/m1/s1. The Morgan fingerprint density at radius 3 is 2.42 bits per heavy atom. The third-order valence-corrected chi connectivity index (χ3v) is 6.37. The summed E-state index contributed by atoms with van der Waals surface area (Å²) < 4.78 is 0. The van der Waals surface area contributed by atoms with E-state index < -0.39 is 0 Å². The third kappa shape index (κ3) is 5.45. The van der Waals surface area contributed by atoms with Gasteiger partial charge in [0.2, 0.25) is 5.82 Å². The molecule has 0 aliphatic carbocycles. The average Bonchev–Trinajstić information content (AvgIpc) is 2.79. The van der Waals surface area contributed by atoms with Gasteiger partial charge in [0, 0.05) is 34.0 Å². The molecule has 4 nitrogen and oxygen atoms in total. The van der Waals surface area contributed by atoms with Gasteiger partial charge in [0.1, 0.15) is 5.69 Å². The Bertz CT molecular complexity index is 1050. The number of hydrogen-bond donors (Lipinski definition) is 2. The molecule has 4 rings (SSSR count). The van der Waals surface area contributed by atoms with Crippen LogP contribution in [0.4, 0.5) is 5.82 Å². The summed E-state index contributed by atoms with van der Waals surface area (Å²) in [7, 11) is 0. The van der Waals surface area contributed by atoms with Gasteiger partial charge < -0.3 is 5.32 Å². The maximum atomic E-state index is 13.0. The largest absolute Gasteiger partial charge is 0.348 e. The van der Waals surface area contributed by atoms with E-state index in [0.29, 0.717) is 15.7 Å². The highest BCUT2D eigenvalue weighted by atomic mass is 35.5. The number of fused-ring (bicyclic) bond motifs is 1. The number of carbonyl (C=O) groups excluding carboxylic acids is 1. The van der Waals surface area contributed by atoms with Crippen LogP contribution in [0.3, 0.4) is 0 Å². The van der Waals surface area contributed by atoms with Gasteiger partial charge in [0.25, 0.3) is 5.91 Å². The number of amides is 1. The van der Waals surface area contributed by atoms with Crippen LogP contribution in [0, 0.1) is 0 Å². The van der Waals surface area contributed by atoms with Crippen molar-refractivity contribution in [2.75, 3.05) is 6.54 Å². The van der Waals surface area contributed by atoms with E-state index in [1.54, 1.807) is 0 Å². The van der Waals surface area contributed by atoms with Gasteiger partial charge in [-0.25, -0.2) is 0 Å². The van der Waals surface area contributed by atoms with Crippen LogP contribution in [0.15, 0.2) is 60.7 Å². The van der Waals surface area contributed by atoms with Crippen LogP contribution in [-0.2, 0) is 12.8 Å². The molecule has 0 saturated heterocycles. The van der Waals surface area contributed by atoms with E-state index in [-0.39, 0.29) is 17.9 Å². The molecule has 160 valence electrons. The zero-order valence-electron chi connectivity index (χ0n) is 17.4. The molecule has 0 unspecified atom stereocenters. The first-order valence-electron chi connectivity index (χ1n) is 10.6. The molecule has 0 saturated carbocycles. The molecule has 0 bridgehead atoms. The number of carbonyl (C=O) groups is 1. The maximum Gasteiger partial charge on any atom is 0.270 e. The number of halogens is 2. The van der Waals surface area contributed by atoms with E-state index in [1.165, 1.54) is 5.56 Å². The highest BCUT2D eigenvalue weighted by Crippen LogP contribution is 2.27. The average molecular weight is 455 g/mol. The maximum absolute atomic E-state index is 13.0. The lowest BCUT2D eigenvalue weighted by Crippen LogP contribution is -2.80. The number of aromatic nitrogens is 1. The fourth-order valence-electron chi connectivity index (χ4n) is 4.10. The zero-order chi connectivity index (χ0) is 21.8. The first-order valence-corrected chi connectivity index (χ1v) is 11.4. The number of quaternary nitrogens is 1. The Hall–Kier alpha value is -2.40. The SMILES string of the molecule is C[C@@H](NC(=O)c1ccc2c(n1)[NH2+]CCC2)[C@H](Cc1ccc(Cl)cc1)c1ccc(Cl)cc1. The molecule has 1 aliphatic heterocycles. The molecule has 2 aromatic carbocycles. The van der Waals surface area contributed by atoms with Crippen molar-refractivity contribution < 1.29 is 10.1 Å². The van der Waals surface area contributed by atoms with Gasteiger partial charge in [0.15, 0.2) is 0 Å². The van der Waals surface area contributed by atoms with Crippen molar-refractivity contribution in [3.05, 3.63) is 93.1 Å². The fraction of sp³-hybridized carbons (Fsp3) is 0.280. The lowest BCUT2D eigenvalue weighted by Gasteiger charge is -2.26. The summed E-state index contributed by atoms with van der Waals surface area (Å²) in [5.41, 5.74) is 3.97. The quantitative estimate of drug-likeness (QED) is 0.568. The van der Waals surface area contributed by atoms with Crippen molar-refractivity contribution in [3.8, 4) is 0 Å². The predicted octanol–water partition coefficient (Wildman–Crippen LogP) is 4.67. The lowest BCUT2D eigenvalue weighted by atomic mass is 9.86. The van der Waals surface area contributed by atoms with E-state index in [4.69, 9.17) is 23.2 Å². The third-order valence-electron chi connectivity index (χ3n) is 5.86. The smallest absolute Gasteiger partial charge is 0.270 e. The Morgan fingerprint density at radius 2 is 1.71 bits per heavy atom. The van der Waals surface area contributed by atoms with E-state index in [1.807, 2.05) is 67.6 Å². The predicted molar refractivity (Wildman–Crippen MR) is 125 cm³/mol. The molecule has 6 heteroatoms. The Labute approximate surface area is 193 Å². The van der Waals surface area contributed by atoms with Crippen LogP contribution in [0.5, 0.6) is 0 Å². The molecule has 0 fully saturated rings. The fourth-order valence-corrected chi connectivity index (χ4v) is 4.35. The summed E-state index contributed by atoms with van der Waals surface area (Å²) in [6.07, 6.45) is 2.94. The van der Waals surface area contributed by atoms with E-state index >= 15 is 0 Å². The second-order valence-electron chi connectivity index (χ2n) is 8.09. The number of nitrogens with two attached hydrogens (primary N) is 1. The second kappa shape index (κ2) is 9.82. The molecular formula is C25H26Cl2N3O+. The Kier molecular flexibility index (Phi) is 6.91. The number of nitrogens with zero attached hydrogens (tertiary/aromatic N) is 1. The molecule has 2 atom stereocenters. The number of benzene rings is 2. The summed E-state index contributed by atoms with van der Waals surface area (Å²) in [5.74, 6) is 0.873. The molecular weight excluding hydrogens is 429 g/mol. The second-order valence-corrected chi connectivity index (χ2v) is 8.96. The summed E-state index contributed by atoms with van der Waals surface area (Å²) in [4.78, 5) is 17.6. The molecule has 3 N–H and O–H groups in total. The van der Waals surface area contributed by atoms with E-state index in [0.717, 1.165) is 42.8 Å². The van der Waals surface area contributed by atoms with Crippen molar-refractivity contribution in [1.29, 1.82) is 0 Å². The number of pyridine rings is 1. The van der Waals surface area contributed by atoms with Crippen LogP contribution < -0.4 is 10.6 Å². The number of hydrogen-bond acceptors (Lipinski definition) is 2. The number of nitrogens with one attached hydrogen (secondary N) is 1. The van der Waals surface area contributed by atoms with Gasteiger partial charge in [-0.1, -0.05) is 47.5 Å². The van der Waals surface area contributed by atoms with Gasteiger partial charge in [-0.05, 0) is 67.3 Å². The molecule has 1 amide bonds. The normalized spacial score (nSPS) is 15.1. The summed E-state index contributed by atoms with van der Waals surface area (Å²) in [5, 5.41) is 6.70. The highest BCUT2D eigenvalue weighted by Gasteiger charge is 2.24. The van der Waals surface area contributed by atoms with Gasteiger partial charge in [-0.2, -0.15) is 4.98 Å². The topological polar surface area (TPSA) is 58.6 Å². The monoisotopic (exact) mass is 454 g/mol. The summed E-state index contributed by atoms with van der Waals surface area (Å²) in [6.45, 7) is 3.05.